The van der Waals surface area contributed by atoms with Crippen LogP contribution in [-0.4, -0.2) is 13.4 Å². The third-order valence-electron chi connectivity index (χ3n) is 2.01. The normalized spacial score (nSPS) is 10.4. The van der Waals surface area contributed by atoms with Gasteiger partial charge in [-0.1, -0.05) is 12.1 Å². The molecule has 1 aromatic heterocycles. The van der Waals surface area contributed by atoms with Gasteiger partial charge < -0.3 is 4.74 Å². The van der Waals surface area contributed by atoms with Crippen LogP contribution in [0.3, 0.4) is 0 Å². The van der Waals surface area contributed by atoms with E-state index in [0.717, 1.165) is 26.3 Å². The largest absolute Gasteiger partial charge is 0.494 e. The van der Waals surface area contributed by atoms with E-state index in [4.69, 9.17) is 4.74 Å². The quantitative estimate of drug-likeness (QED) is 0.627. The second-order valence-electron chi connectivity index (χ2n) is 2.78. The molecular formula is C10H8O2S2. The predicted molar refractivity (Wildman–Crippen MR) is 61.0 cm³/mol. The average Bonchev–Trinajstić information content (AvgIpc) is 2.52. The third kappa shape index (κ3) is 1.31. The summed E-state index contributed by atoms with van der Waals surface area (Å²) in [6, 6.07) is 5.56. The van der Waals surface area contributed by atoms with Crippen LogP contribution in [0.2, 0.25) is 0 Å². The van der Waals surface area contributed by atoms with Crippen LogP contribution in [0.5, 0.6) is 5.75 Å². The first-order valence-electron chi connectivity index (χ1n) is 4.01. The molecule has 0 spiro atoms. The monoisotopic (exact) mass is 224 g/mol. The van der Waals surface area contributed by atoms with Crippen LogP contribution in [0.25, 0.3) is 10.1 Å². The summed E-state index contributed by atoms with van der Waals surface area (Å²) in [4.78, 5) is 10.8. The molecule has 72 valence electrons. The summed E-state index contributed by atoms with van der Waals surface area (Å²) in [7, 11) is 1.61. The zero-order valence-corrected chi connectivity index (χ0v) is 9.19. The van der Waals surface area contributed by atoms with Crippen LogP contribution >= 0.6 is 24.0 Å². The first kappa shape index (κ1) is 9.55. The maximum absolute atomic E-state index is 10.8. The van der Waals surface area contributed by atoms with Crippen molar-refractivity contribution in [1.29, 1.82) is 0 Å². The first-order chi connectivity index (χ1) is 6.77. The van der Waals surface area contributed by atoms with E-state index in [-0.39, 0.29) is 0 Å². The van der Waals surface area contributed by atoms with Gasteiger partial charge in [0, 0.05) is 15.6 Å². The topological polar surface area (TPSA) is 26.3 Å². The molecule has 2 aromatic rings. The van der Waals surface area contributed by atoms with Crippen molar-refractivity contribution in [3.05, 3.63) is 23.8 Å². The zero-order valence-electron chi connectivity index (χ0n) is 7.48. The fourth-order valence-electron chi connectivity index (χ4n) is 1.40. The van der Waals surface area contributed by atoms with Gasteiger partial charge in [-0.15, -0.1) is 24.0 Å². The molecule has 0 aliphatic rings. The number of fused-ring (bicyclic) bond motifs is 1. The Morgan fingerprint density at radius 1 is 1.50 bits per heavy atom. The Bertz CT molecular complexity index is 488. The summed E-state index contributed by atoms with van der Waals surface area (Å²) in [5, 5.41) is 0.951. The van der Waals surface area contributed by atoms with Crippen LogP contribution in [0.15, 0.2) is 22.4 Å². The molecule has 0 unspecified atom stereocenters. The number of methoxy groups -OCH3 is 1. The zero-order chi connectivity index (χ0) is 10.1. The SMILES string of the molecule is COc1c(S)sc2c(C=O)cccc12. The second kappa shape index (κ2) is 3.63. The number of carbonyl (C=O) groups excluding carboxylic acids is 1. The minimum atomic E-state index is 0.686. The van der Waals surface area contributed by atoms with Gasteiger partial charge in [-0.3, -0.25) is 4.79 Å². The fourth-order valence-corrected chi connectivity index (χ4v) is 2.87. The summed E-state index contributed by atoms with van der Waals surface area (Å²) in [5.41, 5.74) is 0.686. The van der Waals surface area contributed by atoms with Crippen molar-refractivity contribution in [3.8, 4) is 5.75 Å². The van der Waals surface area contributed by atoms with Gasteiger partial charge in [0.15, 0.2) is 12.0 Å². The molecule has 0 bridgehead atoms. The van der Waals surface area contributed by atoms with Crippen LogP contribution in [-0.2, 0) is 0 Å². The molecule has 0 aliphatic carbocycles. The maximum atomic E-state index is 10.8. The number of hydrogen-bond donors (Lipinski definition) is 1. The van der Waals surface area contributed by atoms with E-state index in [1.807, 2.05) is 12.1 Å². The number of thiol groups is 1. The molecule has 0 saturated heterocycles. The lowest BCUT2D eigenvalue weighted by molar-refractivity contribution is 0.112. The van der Waals surface area contributed by atoms with Crippen molar-refractivity contribution in [1.82, 2.24) is 0 Å². The minimum absolute atomic E-state index is 0.686. The molecule has 0 N–H and O–H groups in total. The summed E-state index contributed by atoms with van der Waals surface area (Å²) in [6.45, 7) is 0. The lowest BCUT2D eigenvalue weighted by Gasteiger charge is -1.97. The van der Waals surface area contributed by atoms with Crippen LogP contribution in [0, 0.1) is 0 Å². The molecule has 0 radical (unpaired) electrons. The molecule has 2 rings (SSSR count). The van der Waals surface area contributed by atoms with Gasteiger partial charge in [0.25, 0.3) is 0 Å². The number of ether oxygens (including phenoxy) is 1. The molecule has 0 aliphatic heterocycles. The van der Waals surface area contributed by atoms with Crippen LogP contribution < -0.4 is 4.74 Å². The molecule has 14 heavy (non-hydrogen) atoms. The number of thiophene rings is 1. The van der Waals surface area contributed by atoms with Gasteiger partial charge in [-0.25, -0.2) is 0 Å². The van der Waals surface area contributed by atoms with Gasteiger partial charge in [0.1, 0.15) is 4.21 Å². The Balaban J connectivity index is 2.85. The minimum Gasteiger partial charge on any atom is -0.494 e. The lowest BCUT2D eigenvalue weighted by Crippen LogP contribution is -1.82. The van der Waals surface area contributed by atoms with E-state index in [1.54, 1.807) is 13.2 Å². The highest BCUT2D eigenvalue weighted by atomic mass is 32.2. The fraction of sp³-hybridized carbons (Fsp3) is 0.100. The van der Waals surface area contributed by atoms with Gasteiger partial charge in [-0.05, 0) is 6.07 Å². The van der Waals surface area contributed by atoms with Gasteiger partial charge >= 0.3 is 0 Å². The molecule has 0 saturated carbocycles. The van der Waals surface area contributed by atoms with E-state index in [2.05, 4.69) is 12.6 Å². The summed E-state index contributed by atoms with van der Waals surface area (Å²) in [5.74, 6) is 0.747. The smallest absolute Gasteiger partial charge is 0.151 e. The Labute approximate surface area is 90.9 Å². The second-order valence-corrected chi connectivity index (χ2v) is 4.55. The van der Waals surface area contributed by atoms with Crippen molar-refractivity contribution in [2.75, 3.05) is 7.11 Å². The Hall–Kier alpha value is -1.00. The standard InChI is InChI=1S/C10H8O2S2/c1-12-8-7-4-2-3-6(5-11)9(7)14-10(8)13/h2-5,13H,1H3. The number of carbonyl (C=O) groups is 1. The first-order valence-corrected chi connectivity index (χ1v) is 5.28. The molecule has 1 heterocycles. The van der Waals surface area contributed by atoms with Crippen molar-refractivity contribution in [3.63, 3.8) is 0 Å². The van der Waals surface area contributed by atoms with Crippen LogP contribution in [0.4, 0.5) is 0 Å². The third-order valence-corrected chi connectivity index (χ3v) is 3.53. The molecule has 0 atom stereocenters. The van der Waals surface area contributed by atoms with Gasteiger partial charge in [-0.2, -0.15) is 0 Å². The summed E-state index contributed by atoms with van der Waals surface area (Å²) < 4.78 is 6.95. The summed E-state index contributed by atoms with van der Waals surface area (Å²) >= 11 is 5.76. The number of benzene rings is 1. The molecule has 1 aromatic carbocycles. The van der Waals surface area contributed by atoms with E-state index in [0.29, 0.717) is 5.56 Å². The highest BCUT2D eigenvalue weighted by Crippen LogP contribution is 2.40. The Kier molecular flexibility index (Phi) is 2.48. The molecular weight excluding hydrogens is 216 g/mol. The molecule has 0 amide bonds. The maximum Gasteiger partial charge on any atom is 0.151 e. The molecule has 4 heteroatoms. The average molecular weight is 224 g/mol. The van der Waals surface area contributed by atoms with Gasteiger partial charge in [0.05, 0.1) is 7.11 Å². The van der Waals surface area contributed by atoms with E-state index < -0.39 is 0 Å². The highest BCUT2D eigenvalue weighted by molar-refractivity contribution is 7.83. The van der Waals surface area contributed by atoms with Crippen molar-refractivity contribution < 1.29 is 9.53 Å². The Morgan fingerprint density at radius 3 is 2.93 bits per heavy atom. The van der Waals surface area contributed by atoms with Gasteiger partial charge in [0.2, 0.25) is 0 Å². The van der Waals surface area contributed by atoms with Crippen molar-refractivity contribution in [2.24, 2.45) is 0 Å². The highest BCUT2D eigenvalue weighted by Gasteiger charge is 2.11. The lowest BCUT2D eigenvalue weighted by atomic mass is 10.2. The van der Waals surface area contributed by atoms with Crippen molar-refractivity contribution in [2.45, 2.75) is 4.21 Å². The number of hydrogen-bond acceptors (Lipinski definition) is 4. The number of rotatable bonds is 2. The van der Waals surface area contributed by atoms with Crippen molar-refractivity contribution >= 4 is 40.3 Å². The number of aldehydes is 1. The molecule has 0 fully saturated rings. The predicted octanol–water partition coefficient (Wildman–Crippen LogP) is 3.01. The Morgan fingerprint density at radius 2 is 2.29 bits per heavy atom. The van der Waals surface area contributed by atoms with Crippen LogP contribution in [0.1, 0.15) is 10.4 Å². The van der Waals surface area contributed by atoms with E-state index in [9.17, 15) is 4.79 Å². The summed E-state index contributed by atoms with van der Waals surface area (Å²) in [6.07, 6.45) is 0.853. The molecule has 2 nitrogen and oxygen atoms in total. The van der Waals surface area contributed by atoms with E-state index in [1.165, 1.54) is 11.3 Å². The van der Waals surface area contributed by atoms with E-state index >= 15 is 0 Å².